The molecule has 3 rings (SSSR count). The van der Waals surface area contributed by atoms with E-state index in [1.54, 1.807) is 19.5 Å². The van der Waals surface area contributed by atoms with Gasteiger partial charge in [-0.25, -0.2) is 4.79 Å². The molecule has 1 atom stereocenters. The van der Waals surface area contributed by atoms with Crippen molar-refractivity contribution in [3.63, 3.8) is 0 Å². The fourth-order valence-electron chi connectivity index (χ4n) is 3.71. The average Bonchev–Trinajstić information content (AvgIpc) is 2.69. The monoisotopic (exact) mass is 353 g/mol. The highest BCUT2D eigenvalue weighted by atomic mass is 16.5. The molecule has 0 saturated heterocycles. The second-order valence-electron chi connectivity index (χ2n) is 6.82. The maximum atomic E-state index is 13.2. The van der Waals surface area contributed by atoms with E-state index >= 15 is 0 Å². The van der Waals surface area contributed by atoms with Crippen LogP contribution in [0.4, 0.5) is 10.5 Å². The molecule has 2 amide bonds. The molecule has 1 fully saturated rings. The minimum Gasteiger partial charge on any atom is -0.497 e. The van der Waals surface area contributed by atoms with Gasteiger partial charge >= 0.3 is 6.03 Å². The van der Waals surface area contributed by atoms with Crippen LogP contribution in [0, 0.1) is 0 Å². The van der Waals surface area contributed by atoms with Crippen LogP contribution in [0.5, 0.6) is 5.75 Å². The molecule has 1 aromatic heterocycles. The largest absolute Gasteiger partial charge is 0.497 e. The molecule has 26 heavy (non-hydrogen) atoms. The Morgan fingerprint density at radius 3 is 2.62 bits per heavy atom. The van der Waals surface area contributed by atoms with Crippen molar-refractivity contribution in [2.45, 2.75) is 51.1 Å². The number of anilines is 1. The lowest BCUT2D eigenvalue weighted by atomic mass is 9.92. The third-order valence-electron chi connectivity index (χ3n) is 5.13. The molecule has 1 aliphatic rings. The zero-order chi connectivity index (χ0) is 18.4. The van der Waals surface area contributed by atoms with Crippen molar-refractivity contribution >= 4 is 11.7 Å². The zero-order valence-electron chi connectivity index (χ0n) is 15.5. The van der Waals surface area contributed by atoms with Crippen LogP contribution in [0.3, 0.4) is 0 Å². The predicted molar refractivity (Wildman–Crippen MR) is 103 cm³/mol. The standard InChI is InChI=1S/C21H27N3O2/c1-16(17-11-13-22-14-12-17)24(19-8-4-3-5-9-19)21(25)23-18-7-6-10-20(15-18)26-2/h6-7,10-16,19H,3-5,8-9H2,1-2H3,(H,23,25). The number of ether oxygens (including phenoxy) is 1. The summed E-state index contributed by atoms with van der Waals surface area (Å²) in [6.45, 7) is 2.09. The van der Waals surface area contributed by atoms with E-state index in [4.69, 9.17) is 4.74 Å². The lowest BCUT2D eigenvalue weighted by Crippen LogP contribution is -2.45. The van der Waals surface area contributed by atoms with Crippen molar-refractivity contribution in [3.8, 4) is 5.75 Å². The Kier molecular flexibility index (Phi) is 6.10. The number of methoxy groups -OCH3 is 1. The number of pyridine rings is 1. The Labute approximate surface area is 155 Å². The Morgan fingerprint density at radius 2 is 1.92 bits per heavy atom. The fraction of sp³-hybridized carbons (Fsp3) is 0.429. The van der Waals surface area contributed by atoms with E-state index in [2.05, 4.69) is 17.2 Å². The van der Waals surface area contributed by atoms with Gasteiger partial charge in [0.15, 0.2) is 0 Å². The zero-order valence-corrected chi connectivity index (χ0v) is 15.5. The summed E-state index contributed by atoms with van der Waals surface area (Å²) in [6, 6.07) is 11.6. The van der Waals surface area contributed by atoms with Gasteiger partial charge in [-0.2, -0.15) is 0 Å². The lowest BCUT2D eigenvalue weighted by Gasteiger charge is -2.38. The smallest absolute Gasteiger partial charge is 0.322 e. The normalized spacial score (nSPS) is 15.9. The molecule has 1 unspecified atom stereocenters. The number of hydrogen-bond acceptors (Lipinski definition) is 3. The summed E-state index contributed by atoms with van der Waals surface area (Å²) in [6.07, 6.45) is 9.29. The minimum atomic E-state index is -0.0607. The summed E-state index contributed by atoms with van der Waals surface area (Å²) in [5.74, 6) is 0.731. The first-order chi connectivity index (χ1) is 12.7. The second-order valence-corrected chi connectivity index (χ2v) is 6.82. The number of rotatable bonds is 5. The van der Waals surface area contributed by atoms with Gasteiger partial charge in [-0.05, 0) is 49.6 Å². The fourth-order valence-corrected chi connectivity index (χ4v) is 3.71. The third kappa shape index (κ3) is 4.34. The van der Waals surface area contributed by atoms with Gasteiger partial charge in [0.1, 0.15) is 5.75 Å². The number of carbonyl (C=O) groups is 1. The van der Waals surface area contributed by atoms with Crippen LogP contribution >= 0.6 is 0 Å². The van der Waals surface area contributed by atoms with Crippen molar-refractivity contribution in [3.05, 3.63) is 54.4 Å². The van der Waals surface area contributed by atoms with Crippen LogP contribution in [0.25, 0.3) is 0 Å². The number of nitrogens with zero attached hydrogens (tertiary/aromatic N) is 2. The van der Waals surface area contributed by atoms with Crippen molar-refractivity contribution < 1.29 is 9.53 Å². The van der Waals surface area contributed by atoms with Crippen molar-refractivity contribution in [1.29, 1.82) is 0 Å². The molecule has 1 N–H and O–H groups in total. The van der Waals surface area contributed by atoms with Crippen LogP contribution in [-0.2, 0) is 0 Å². The molecule has 1 saturated carbocycles. The van der Waals surface area contributed by atoms with Gasteiger partial charge in [0.05, 0.1) is 13.2 Å². The molecule has 1 aliphatic carbocycles. The number of carbonyl (C=O) groups excluding carboxylic acids is 1. The van der Waals surface area contributed by atoms with Gasteiger partial charge in [-0.15, -0.1) is 0 Å². The van der Waals surface area contributed by atoms with Gasteiger partial charge in [0, 0.05) is 30.2 Å². The third-order valence-corrected chi connectivity index (χ3v) is 5.13. The molecule has 5 nitrogen and oxygen atoms in total. The summed E-state index contributed by atoms with van der Waals surface area (Å²) in [7, 11) is 1.63. The van der Waals surface area contributed by atoms with Gasteiger partial charge < -0.3 is 15.0 Å². The molecule has 138 valence electrons. The van der Waals surface area contributed by atoms with Gasteiger partial charge in [0.2, 0.25) is 0 Å². The molecule has 5 heteroatoms. The number of nitrogens with one attached hydrogen (secondary N) is 1. The van der Waals surface area contributed by atoms with E-state index in [0.29, 0.717) is 0 Å². The number of urea groups is 1. The predicted octanol–water partition coefficient (Wildman–Crippen LogP) is 5.02. The highest BCUT2D eigenvalue weighted by molar-refractivity contribution is 5.90. The van der Waals surface area contributed by atoms with E-state index in [1.807, 2.05) is 41.3 Å². The SMILES string of the molecule is COc1cccc(NC(=O)N(C2CCCCC2)C(C)c2ccncc2)c1. The highest BCUT2D eigenvalue weighted by Gasteiger charge is 2.30. The Bertz CT molecular complexity index is 714. The summed E-state index contributed by atoms with van der Waals surface area (Å²) < 4.78 is 5.26. The first-order valence-corrected chi connectivity index (χ1v) is 9.32. The maximum absolute atomic E-state index is 13.2. The topological polar surface area (TPSA) is 54.5 Å². The van der Waals surface area contributed by atoms with E-state index in [-0.39, 0.29) is 18.1 Å². The molecule has 0 spiro atoms. The Morgan fingerprint density at radius 1 is 1.19 bits per heavy atom. The summed E-state index contributed by atoms with van der Waals surface area (Å²) in [4.78, 5) is 19.3. The number of aromatic nitrogens is 1. The number of amides is 2. The summed E-state index contributed by atoms with van der Waals surface area (Å²) in [5.41, 5.74) is 1.85. The van der Waals surface area contributed by atoms with Crippen molar-refractivity contribution in [2.24, 2.45) is 0 Å². The van der Waals surface area contributed by atoms with E-state index < -0.39 is 0 Å². The molecule has 1 heterocycles. The molecular formula is C21H27N3O2. The van der Waals surface area contributed by atoms with Gasteiger partial charge in [0.25, 0.3) is 0 Å². The molecule has 0 radical (unpaired) electrons. The highest BCUT2D eigenvalue weighted by Crippen LogP contribution is 2.31. The van der Waals surface area contributed by atoms with E-state index in [1.165, 1.54) is 19.3 Å². The van der Waals surface area contributed by atoms with Crippen LogP contribution < -0.4 is 10.1 Å². The summed E-state index contributed by atoms with van der Waals surface area (Å²) >= 11 is 0. The first kappa shape index (κ1) is 18.2. The molecular weight excluding hydrogens is 326 g/mol. The Hall–Kier alpha value is -2.56. The molecule has 2 aromatic rings. The van der Waals surface area contributed by atoms with Crippen LogP contribution in [0.2, 0.25) is 0 Å². The van der Waals surface area contributed by atoms with Gasteiger partial charge in [-0.3, -0.25) is 4.98 Å². The maximum Gasteiger partial charge on any atom is 0.322 e. The van der Waals surface area contributed by atoms with E-state index in [9.17, 15) is 4.79 Å². The molecule has 0 bridgehead atoms. The van der Waals surface area contributed by atoms with E-state index in [0.717, 1.165) is 29.8 Å². The van der Waals surface area contributed by atoms with Gasteiger partial charge in [-0.1, -0.05) is 25.3 Å². The van der Waals surface area contributed by atoms with Crippen LogP contribution in [-0.4, -0.2) is 29.1 Å². The number of hydrogen-bond donors (Lipinski definition) is 1. The first-order valence-electron chi connectivity index (χ1n) is 9.32. The lowest BCUT2D eigenvalue weighted by molar-refractivity contribution is 0.139. The van der Waals surface area contributed by atoms with Crippen molar-refractivity contribution in [2.75, 3.05) is 12.4 Å². The summed E-state index contributed by atoms with van der Waals surface area (Å²) in [5, 5.41) is 3.06. The molecule has 0 aliphatic heterocycles. The second kappa shape index (κ2) is 8.70. The minimum absolute atomic E-state index is 0.00768. The Balaban J connectivity index is 1.82. The molecule has 1 aromatic carbocycles. The van der Waals surface area contributed by atoms with Crippen LogP contribution in [0.1, 0.15) is 50.6 Å². The quantitative estimate of drug-likeness (QED) is 0.821. The van der Waals surface area contributed by atoms with Crippen LogP contribution in [0.15, 0.2) is 48.8 Å². The number of benzene rings is 1. The van der Waals surface area contributed by atoms with Crippen molar-refractivity contribution in [1.82, 2.24) is 9.88 Å². The average molecular weight is 353 g/mol.